The van der Waals surface area contributed by atoms with Crippen LogP contribution in [0.2, 0.25) is 5.02 Å². The lowest BCUT2D eigenvalue weighted by molar-refractivity contribution is -0.124. The third-order valence-electron chi connectivity index (χ3n) is 5.70. The molecule has 2 amide bonds. The van der Waals surface area contributed by atoms with Crippen molar-refractivity contribution in [3.8, 4) is 11.5 Å². The number of amides is 2. The number of likely N-dealkylation sites (tertiary alicyclic amines) is 1. The van der Waals surface area contributed by atoms with Crippen molar-refractivity contribution in [3.05, 3.63) is 58.6 Å². The van der Waals surface area contributed by atoms with Crippen LogP contribution in [-0.4, -0.2) is 50.6 Å². The molecule has 1 fully saturated rings. The molecule has 0 bridgehead atoms. The molecule has 7 heteroatoms. The molecule has 31 heavy (non-hydrogen) atoms. The van der Waals surface area contributed by atoms with E-state index in [4.69, 9.17) is 21.1 Å². The third kappa shape index (κ3) is 5.31. The maximum absolute atomic E-state index is 13.1. The molecule has 0 aliphatic carbocycles. The highest BCUT2D eigenvalue weighted by Crippen LogP contribution is 2.39. The number of carbonyl (C=O) groups excluding carboxylic acids is 2. The van der Waals surface area contributed by atoms with Gasteiger partial charge in [0.2, 0.25) is 5.91 Å². The Hall–Kier alpha value is -2.73. The summed E-state index contributed by atoms with van der Waals surface area (Å²) in [5.41, 5.74) is 1.45. The summed E-state index contributed by atoms with van der Waals surface area (Å²) < 4.78 is 10.9. The van der Waals surface area contributed by atoms with Crippen molar-refractivity contribution in [1.82, 2.24) is 10.2 Å². The largest absolute Gasteiger partial charge is 0.497 e. The molecule has 2 atom stereocenters. The number of nitrogens with one attached hydrogen (secondary N) is 1. The van der Waals surface area contributed by atoms with Crippen molar-refractivity contribution in [2.75, 3.05) is 33.9 Å². The van der Waals surface area contributed by atoms with Crippen LogP contribution in [0, 0.1) is 5.92 Å². The van der Waals surface area contributed by atoms with Gasteiger partial charge in [-0.2, -0.15) is 0 Å². The number of rotatable bonds is 8. The molecule has 1 aliphatic heterocycles. The van der Waals surface area contributed by atoms with Gasteiger partial charge in [0, 0.05) is 47.8 Å². The molecule has 6 nitrogen and oxygen atoms in total. The molecule has 2 aromatic rings. The van der Waals surface area contributed by atoms with E-state index >= 15 is 0 Å². The van der Waals surface area contributed by atoms with Gasteiger partial charge >= 0.3 is 0 Å². The van der Waals surface area contributed by atoms with Crippen molar-refractivity contribution in [3.63, 3.8) is 0 Å². The van der Waals surface area contributed by atoms with Crippen LogP contribution in [-0.2, 0) is 4.79 Å². The third-order valence-corrected chi connectivity index (χ3v) is 5.96. The first-order chi connectivity index (χ1) is 15.0. The molecule has 0 unspecified atom stereocenters. The fourth-order valence-electron chi connectivity index (χ4n) is 3.97. The summed E-state index contributed by atoms with van der Waals surface area (Å²) in [7, 11) is 3.20. The lowest BCUT2D eigenvalue weighted by Crippen LogP contribution is -2.36. The first-order valence-electron chi connectivity index (χ1n) is 10.5. The van der Waals surface area contributed by atoms with E-state index < -0.39 is 0 Å². The van der Waals surface area contributed by atoms with Crippen LogP contribution in [0.25, 0.3) is 0 Å². The topological polar surface area (TPSA) is 67.9 Å². The summed E-state index contributed by atoms with van der Waals surface area (Å²) in [6, 6.07) is 12.4. The Morgan fingerprint density at radius 1 is 1.10 bits per heavy atom. The van der Waals surface area contributed by atoms with Crippen LogP contribution in [0.5, 0.6) is 11.5 Å². The van der Waals surface area contributed by atoms with Gasteiger partial charge < -0.3 is 19.7 Å². The summed E-state index contributed by atoms with van der Waals surface area (Å²) in [5, 5.41) is 3.61. The summed E-state index contributed by atoms with van der Waals surface area (Å²) >= 11 is 5.96. The Kier molecular flexibility index (Phi) is 7.80. The Labute approximate surface area is 188 Å². The Bertz CT molecular complexity index is 916. The number of ether oxygens (including phenoxy) is 2. The molecule has 0 saturated carbocycles. The molecular weight excluding hydrogens is 416 g/mol. The second kappa shape index (κ2) is 10.5. The highest BCUT2D eigenvalue weighted by atomic mass is 35.5. The van der Waals surface area contributed by atoms with Crippen molar-refractivity contribution < 1.29 is 19.1 Å². The lowest BCUT2D eigenvalue weighted by Gasteiger charge is -2.21. The highest BCUT2D eigenvalue weighted by Gasteiger charge is 2.41. The average molecular weight is 445 g/mol. The monoisotopic (exact) mass is 444 g/mol. The smallest absolute Gasteiger partial charge is 0.253 e. The fourth-order valence-corrected chi connectivity index (χ4v) is 4.10. The maximum Gasteiger partial charge on any atom is 0.253 e. The van der Waals surface area contributed by atoms with Gasteiger partial charge in [-0.3, -0.25) is 9.59 Å². The summed E-state index contributed by atoms with van der Waals surface area (Å²) in [6.45, 7) is 3.48. The van der Waals surface area contributed by atoms with Crippen molar-refractivity contribution in [2.45, 2.75) is 25.7 Å². The van der Waals surface area contributed by atoms with E-state index in [1.165, 1.54) is 0 Å². The van der Waals surface area contributed by atoms with Crippen molar-refractivity contribution in [2.24, 2.45) is 5.92 Å². The minimum atomic E-state index is -0.365. The van der Waals surface area contributed by atoms with E-state index in [-0.39, 0.29) is 23.7 Å². The number of halogens is 1. The Morgan fingerprint density at radius 3 is 2.48 bits per heavy atom. The first kappa shape index (κ1) is 22.9. The van der Waals surface area contributed by atoms with E-state index in [1.54, 1.807) is 43.4 Å². The zero-order chi connectivity index (χ0) is 22.4. The second-order valence-electron chi connectivity index (χ2n) is 7.68. The zero-order valence-corrected chi connectivity index (χ0v) is 18.9. The van der Waals surface area contributed by atoms with Gasteiger partial charge in [0.1, 0.15) is 11.5 Å². The molecule has 0 radical (unpaired) electrons. The Balaban J connectivity index is 1.89. The van der Waals surface area contributed by atoms with E-state index in [1.807, 2.05) is 18.2 Å². The van der Waals surface area contributed by atoms with Crippen LogP contribution in [0.1, 0.15) is 41.6 Å². The number of methoxy groups -OCH3 is 2. The van der Waals surface area contributed by atoms with E-state index in [0.29, 0.717) is 41.7 Å². The number of hydrogen-bond acceptors (Lipinski definition) is 4. The van der Waals surface area contributed by atoms with Gasteiger partial charge in [-0.05, 0) is 36.8 Å². The normalized spacial score (nSPS) is 18.0. The first-order valence-corrected chi connectivity index (χ1v) is 10.9. The summed E-state index contributed by atoms with van der Waals surface area (Å²) in [6.07, 6.45) is 1.92. The number of benzene rings is 2. The predicted octanol–water partition coefficient (Wildman–Crippen LogP) is 4.13. The standard InChI is InChI=1S/C24H29ClN2O4/c1-4-5-12-26-23(28)21-15-27(24(29)16-6-8-17(25)9-7-16)14-20(21)19-11-10-18(30-2)13-22(19)31-3/h6-11,13,20-21H,4-5,12,14-15H2,1-3H3,(H,26,28)/t20-,21-/m1/s1. The number of nitrogens with zero attached hydrogens (tertiary/aromatic N) is 1. The summed E-state index contributed by atoms with van der Waals surface area (Å²) in [5.74, 6) is 0.628. The number of unbranched alkanes of at least 4 members (excludes halogenated alkanes) is 1. The van der Waals surface area contributed by atoms with Crippen LogP contribution >= 0.6 is 11.6 Å². The van der Waals surface area contributed by atoms with E-state index in [2.05, 4.69) is 12.2 Å². The molecular formula is C24H29ClN2O4. The molecule has 2 aromatic carbocycles. The van der Waals surface area contributed by atoms with E-state index in [9.17, 15) is 9.59 Å². The molecule has 1 heterocycles. The van der Waals surface area contributed by atoms with Gasteiger partial charge in [0.25, 0.3) is 5.91 Å². The molecule has 1 N–H and O–H groups in total. The number of carbonyl (C=O) groups is 2. The van der Waals surface area contributed by atoms with Gasteiger partial charge in [0.05, 0.1) is 20.1 Å². The lowest BCUT2D eigenvalue weighted by atomic mass is 9.87. The highest BCUT2D eigenvalue weighted by molar-refractivity contribution is 6.30. The SMILES string of the molecule is CCCCNC(=O)[C@@H]1CN(C(=O)c2ccc(Cl)cc2)C[C@@H]1c1ccc(OC)cc1OC. The minimum Gasteiger partial charge on any atom is -0.497 e. The van der Waals surface area contributed by atoms with Crippen LogP contribution in [0.15, 0.2) is 42.5 Å². The molecule has 166 valence electrons. The maximum atomic E-state index is 13.1. The van der Waals surface area contributed by atoms with Crippen molar-refractivity contribution >= 4 is 23.4 Å². The molecule has 1 saturated heterocycles. The minimum absolute atomic E-state index is 0.0391. The van der Waals surface area contributed by atoms with Gasteiger partial charge in [-0.1, -0.05) is 31.0 Å². The quantitative estimate of drug-likeness (QED) is 0.621. The predicted molar refractivity (Wildman–Crippen MR) is 121 cm³/mol. The van der Waals surface area contributed by atoms with Crippen LogP contribution in [0.3, 0.4) is 0 Å². The molecule has 1 aliphatic rings. The number of hydrogen-bond donors (Lipinski definition) is 1. The van der Waals surface area contributed by atoms with Gasteiger partial charge in [-0.15, -0.1) is 0 Å². The van der Waals surface area contributed by atoms with Crippen LogP contribution in [0.4, 0.5) is 0 Å². The van der Waals surface area contributed by atoms with Gasteiger partial charge in [-0.25, -0.2) is 0 Å². The van der Waals surface area contributed by atoms with Crippen LogP contribution < -0.4 is 14.8 Å². The Morgan fingerprint density at radius 2 is 1.84 bits per heavy atom. The summed E-state index contributed by atoms with van der Waals surface area (Å²) in [4.78, 5) is 27.9. The van der Waals surface area contributed by atoms with E-state index in [0.717, 1.165) is 18.4 Å². The van der Waals surface area contributed by atoms with Crippen molar-refractivity contribution in [1.29, 1.82) is 0 Å². The second-order valence-corrected chi connectivity index (χ2v) is 8.12. The molecule has 3 rings (SSSR count). The fraction of sp³-hybridized carbons (Fsp3) is 0.417. The molecule has 0 spiro atoms. The van der Waals surface area contributed by atoms with Gasteiger partial charge in [0.15, 0.2) is 0 Å². The zero-order valence-electron chi connectivity index (χ0n) is 18.2. The molecule has 0 aromatic heterocycles. The average Bonchev–Trinajstić information content (AvgIpc) is 3.24.